The first kappa shape index (κ1) is 24.3. The van der Waals surface area contributed by atoms with Crippen molar-refractivity contribution in [1.29, 1.82) is 0 Å². The molecule has 0 aromatic heterocycles. The monoisotopic (exact) mass is 500 g/mol. The summed E-state index contributed by atoms with van der Waals surface area (Å²) in [7, 11) is 3.06. The van der Waals surface area contributed by atoms with Crippen molar-refractivity contribution >= 4 is 23.2 Å². The summed E-state index contributed by atoms with van der Waals surface area (Å²) in [5.74, 6) is 0.618. The molecule has 182 valence electrons. The van der Waals surface area contributed by atoms with Crippen LogP contribution in [0.4, 0.5) is 10.1 Å². The Balaban J connectivity index is 1.74. The fourth-order valence-corrected chi connectivity index (χ4v) is 4.30. The molecule has 1 atom stereocenters. The molecule has 0 N–H and O–H groups in total. The minimum absolute atomic E-state index is 0.0246. The van der Waals surface area contributed by atoms with Crippen molar-refractivity contribution in [3.05, 3.63) is 92.2 Å². The van der Waals surface area contributed by atoms with Gasteiger partial charge in [-0.3, -0.25) is 14.9 Å². The van der Waals surface area contributed by atoms with Crippen LogP contribution >= 0.6 is 11.6 Å². The molecule has 10 heteroatoms. The summed E-state index contributed by atoms with van der Waals surface area (Å²) in [4.78, 5) is 25.9. The molecule has 1 unspecified atom stereocenters. The Bertz CT molecular complexity index is 1270. The molecule has 3 aromatic carbocycles. The third kappa shape index (κ3) is 5.00. The lowest BCUT2D eigenvalue weighted by Crippen LogP contribution is -2.42. The number of hydrogen-bond donors (Lipinski definition) is 0. The Morgan fingerprint density at radius 2 is 1.80 bits per heavy atom. The fraction of sp³-hybridized carbons (Fsp3) is 0.240. The normalized spacial score (nSPS) is 14.7. The second-order valence-electron chi connectivity index (χ2n) is 7.86. The third-order valence-electron chi connectivity index (χ3n) is 5.88. The number of benzene rings is 3. The summed E-state index contributed by atoms with van der Waals surface area (Å²) >= 11 is 6.26. The first-order chi connectivity index (χ1) is 16.8. The molecule has 3 aromatic rings. The molecule has 0 aliphatic carbocycles. The van der Waals surface area contributed by atoms with Gasteiger partial charge in [0.1, 0.15) is 18.2 Å². The predicted molar refractivity (Wildman–Crippen MR) is 127 cm³/mol. The molecule has 1 heterocycles. The van der Waals surface area contributed by atoms with E-state index in [1.807, 2.05) is 6.07 Å². The number of hydrogen-bond acceptors (Lipinski definition) is 6. The van der Waals surface area contributed by atoms with Crippen molar-refractivity contribution < 1.29 is 28.3 Å². The average molecular weight is 501 g/mol. The van der Waals surface area contributed by atoms with Crippen LogP contribution in [0.5, 0.6) is 17.2 Å². The van der Waals surface area contributed by atoms with Crippen LogP contribution in [0.25, 0.3) is 0 Å². The number of nitro benzene ring substituents is 1. The lowest BCUT2D eigenvalue weighted by molar-refractivity contribution is -0.384. The van der Waals surface area contributed by atoms with E-state index in [9.17, 15) is 19.3 Å². The van der Waals surface area contributed by atoms with Gasteiger partial charge in [-0.15, -0.1) is 0 Å². The van der Waals surface area contributed by atoms with E-state index in [2.05, 4.69) is 0 Å². The molecule has 0 bridgehead atoms. The number of ether oxygens (including phenoxy) is 3. The number of non-ortho nitro benzene ring substituents is 1. The zero-order valence-corrected chi connectivity index (χ0v) is 19.8. The molecule has 4 rings (SSSR count). The molecule has 0 fully saturated rings. The lowest BCUT2D eigenvalue weighted by Gasteiger charge is -2.37. The molecular weight excluding hydrogens is 479 g/mol. The number of nitro groups is 1. The molecule has 8 nitrogen and oxygen atoms in total. The minimum Gasteiger partial charge on any atom is -0.493 e. The van der Waals surface area contributed by atoms with E-state index in [0.717, 1.165) is 11.1 Å². The number of fused-ring (bicyclic) bond motifs is 1. The van der Waals surface area contributed by atoms with Crippen molar-refractivity contribution in [3.63, 3.8) is 0 Å². The van der Waals surface area contributed by atoms with Crippen molar-refractivity contribution in [2.45, 2.75) is 12.5 Å². The van der Waals surface area contributed by atoms with E-state index in [-0.39, 0.29) is 22.9 Å². The molecule has 1 aliphatic heterocycles. The third-order valence-corrected chi connectivity index (χ3v) is 6.21. The van der Waals surface area contributed by atoms with Gasteiger partial charge in [0.2, 0.25) is 0 Å². The van der Waals surface area contributed by atoms with E-state index in [1.54, 1.807) is 18.1 Å². The van der Waals surface area contributed by atoms with E-state index >= 15 is 0 Å². The molecule has 1 aliphatic rings. The van der Waals surface area contributed by atoms with Gasteiger partial charge in [0.05, 0.1) is 35.8 Å². The second kappa shape index (κ2) is 10.2. The Labute approximate surface area is 205 Å². The topological polar surface area (TPSA) is 91.1 Å². The van der Waals surface area contributed by atoms with Crippen LogP contribution in [0.1, 0.15) is 27.5 Å². The van der Waals surface area contributed by atoms with Crippen molar-refractivity contribution in [3.8, 4) is 17.2 Å². The molecule has 0 saturated heterocycles. The van der Waals surface area contributed by atoms with Crippen molar-refractivity contribution in [2.75, 3.05) is 27.4 Å². The maximum absolute atomic E-state index is 13.6. The van der Waals surface area contributed by atoms with Gasteiger partial charge in [-0.2, -0.15) is 0 Å². The van der Waals surface area contributed by atoms with Crippen LogP contribution in [-0.4, -0.2) is 43.1 Å². The number of carbonyl (C=O) groups is 1. The van der Waals surface area contributed by atoms with Gasteiger partial charge in [-0.05, 0) is 60.0 Å². The summed E-state index contributed by atoms with van der Waals surface area (Å²) in [6, 6.07) is 12.4. The van der Waals surface area contributed by atoms with E-state index in [1.165, 1.54) is 49.6 Å². The quantitative estimate of drug-likeness (QED) is 0.326. The second-order valence-corrected chi connectivity index (χ2v) is 8.26. The smallest absolute Gasteiger partial charge is 0.270 e. The van der Waals surface area contributed by atoms with E-state index in [4.69, 9.17) is 25.8 Å². The fourth-order valence-electron chi connectivity index (χ4n) is 4.10. The number of rotatable bonds is 7. The molecular formula is C25H22ClFN2O6. The first-order valence-electron chi connectivity index (χ1n) is 10.7. The SMILES string of the molecule is COc1cc2c(cc1OC)C(COc1ccc(F)cc1)N(C(=O)c1cc([N+](=O)[O-])ccc1Cl)CC2. The van der Waals surface area contributed by atoms with Gasteiger partial charge >= 0.3 is 0 Å². The van der Waals surface area contributed by atoms with Gasteiger partial charge in [-0.25, -0.2) is 4.39 Å². The van der Waals surface area contributed by atoms with Crippen LogP contribution in [0.15, 0.2) is 54.6 Å². The average Bonchev–Trinajstić information content (AvgIpc) is 2.86. The number of carbonyl (C=O) groups excluding carboxylic acids is 1. The summed E-state index contributed by atoms with van der Waals surface area (Å²) in [5.41, 5.74) is 1.52. The summed E-state index contributed by atoms with van der Waals surface area (Å²) < 4.78 is 30.1. The van der Waals surface area contributed by atoms with Crippen LogP contribution in [0.2, 0.25) is 5.02 Å². The summed E-state index contributed by atoms with van der Waals surface area (Å²) in [5, 5.41) is 11.4. The minimum atomic E-state index is -0.578. The highest BCUT2D eigenvalue weighted by Gasteiger charge is 2.34. The molecule has 0 saturated carbocycles. The van der Waals surface area contributed by atoms with Gasteiger partial charge in [0, 0.05) is 18.7 Å². The summed E-state index contributed by atoms with van der Waals surface area (Å²) in [6.07, 6.45) is 0.515. The standard InChI is InChI=1S/C25H22ClFN2O6/c1-33-23-11-15-9-10-28(25(30)20-12-17(29(31)32)5-8-21(20)26)22(19(15)13-24(23)34-2)14-35-18-6-3-16(27)4-7-18/h3-8,11-13,22H,9-10,14H2,1-2H3. The Kier molecular flexibility index (Phi) is 7.07. The van der Waals surface area contributed by atoms with Crippen LogP contribution in [-0.2, 0) is 6.42 Å². The largest absolute Gasteiger partial charge is 0.493 e. The Morgan fingerprint density at radius 3 is 2.46 bits per heavy atom. The molecule has 35 heavy (non-hydrogen) atoms. The zero-order chi connectivity index (χ0) is 25.1. The molecule has 0 spiro atoms. The Morgan fingerprint density at radius 1 is 1.11 bits per heavy atom. The molecule has 1 amide bonds. The molecule has 0 radical (unpaired) electrons. The number of nitrogens with zero attached hydrogens (tertiary/aromatic N) is 2. The van der Waals surface area contributed by atoms with Gasteiger partial charge in [-0.1, -0.05) is 11.6 Å². The first-order valence-corrected chi connectivity index (χ1v) is 11.1. The van der Waals surface area contributed by atoms with Crippen molar-refractivity contribution in [2.24, 2.45) is 0 Å². The zero-order valence-electron chi connectivity index (χ0n) is 19.0. The highest BCUT2D eigenvalue weighted by atomic mass is 35.5. The number of halogens is 2. The number of amides is 1. The van der Waals surface area contributed by atoms with Crippen LogP contribution < -0.4 is 14.2 Å². The Hall–Kier alpha value is -3.85. The lowest BCUT2D eigenvalue weighted by atomic mass is 9.91. The van der Waals surface area contributed by atoms with Gasteiger partial charge in [0.15, 0.2) is 11.5 Å². The van der Waals surface area contributed by atoms with E-state index in [0.29, 0.717) is 30.2 Å². The summed E-state index contributed by atoms with van der Waals surface area (Å²) in [6.45, 7) is 0.365. The van der Waals surface area contributed by atoms with Crippen LogP contribution in [0.3, 0.4) is 0 Å². The maximum Gasteiger partial charge on any atom is 0.270 e. The van der Waals surface area contributed by atoms with Gasteiger partial charge < -0.3 is 19.1 Å². The van der Waals surface area contributed by atoms with Crippen LogP contribution in [0, 0.1) is 15.9 Å². The number of methoxy groups -OCH3 is 2. The maximum atomic E-state index is 13.6. The predicted octanol–water partition coefficient (Wildman–Crippen LogP) is 5.22. The van der Waals surface area contributed by atoms with Crippen molar-refractivity contribution in [1.82, 2.24) is 4.90 Å². The highest BCUT2D eigenvalue weighted by Crippen LogP contribution is 2.39. The van der Waals surface area contributed by atoms with E-state index < -0.39 is 22.7 Å². The highest BCUT2D eigenvalue weighted by molar-refractivity contribution is 6.34. The van der Waals surface area contributed by atoms with Gasteiger partial charge in [0.25, 0.3) is 11.6 Å².